The van der Waals surface area contributed by atoms with Crippen LogP contribution in [0.25, 0.3) is 0 Å². The van der Waals surface area contributed by atoms with Crippen molar-refractivity contribution < 1.29 is 4.79 Å². The zero-order chi connectivity index (χ0) is 18.2. The quantitative estimate of drug-likeness (QED) is 0.563. The molecule has 138 valence electrons. The van der Waals surface area contributed by atoms with E-state index < -0.39 is 0 Å². The second kappa shape index (κ2) is 9.30. The molecule has 1 heterocycles. The number of primary amides is 1. The predicted molar refractivity (Wildman–Crippen MR) is 103 cm³/mol. The second-order valence-electron chi connectivity index (χ2n) is 6.75. The number of likely N-dealkylation sites (tertiary alicyclic amines) is 1. The summed E-state index contributed by atoms with van der Waals surface area (Å²) in [4.78, 5) is 17.6. The van der Waals surface area contributed by atoms with Crippen LogP contribution < -0.4 is 16.4 Å². The van der Waals surface area contributed by atoms with E-state index in [4.69, 9.17) is 10.7 Å². The Bertz CT molecular complexity index is 586. The lowest BCUT2D eigenvalue weighted by atomic mass is 10.1. The summed E-state index contributed by atoms with van der Waals surface area (Å²) in [5, 5.41) is 6.79. The smallest absolute Gasteiger partial charge is 0.314 e. The van der Waals surface area contributed by atoms with E-state index in [-0.39, 0.29) is 6.03 Å². The van der Waals surface area contributed by atoms with Crippen molar-refractivity contribution in [2.75, 3.05) is 26.2 Å². The Kier molecular flexibility index (Phi) is 7.10. The van der Waals surface area contributed by atoms with Crippen LogP contribution >= 0.6 is 0 Å². The van der Waals surface area contributed by atoms with Crippen LogP contribution in [0.3, 0.4) is 0 Å². The Hall–Kier alpha value is -2.24. The lowest BCUT2D eigenvalue weighted by Crippen LogP contribution is -2.50. The molecule has 6 nitrogen and oxygen atoms in total. The van der Waals surface area contributed by atoms with Crippen molar-refractivity contribution >= 4 is 12.0 Å². The molecular weight excluding hydrogens is 314 g/mol. The van der Waals surface area contributed by atoms with Crippen LogP contribution in [0.1, 0.15) is 36.5 Å². The Morgan fingerprint density at radius 1 is 1.24 bits per heavy atom. The van der Waals surface area contributed by atoms with Gasteiger partial charge in [0.1, 0.15) is 0 Å². The molecule has 0 saturated carbocycles. The van der Waals surface area contributed by atoms with Crippen LogP contribution in [0.2, 0.25) is 0 Å². The average molecular weight is 345 g/mol. The van der Waals surface area contributed by atoms with E-state index in [1.165, 1.54) is 16.7 Å². The number of amides is 2. The number of urea groups is 1. The van der Waals surface area contributed by atoms with Gasteiger partial charge in [-0.2, -0.15) is 0 Å². The molecule has 4 N–H and O–H groups in total. The molecule has 2 rings (SSSR count). The van der Waals surface area contributed by atoms with Crippen molar-refractivity contribution in [1.82, 2.24) is 15.5 Å². The van der Waals surface area contributed by atoms with Crippen LogP contribution in [0.15, 0.2) is 23.2 Å². The molecule has 1 aliphatic rings. The van der Waals surface area contributed by atoms with Crippen LogP contribution in [0, 0.1) is 13.8 Å². The van der Waals surface area contributed by atoms with Gasteiger partial charge in [0, 0.05) is 32.2 Å². The molecule has 1 saturated heterocycles. The first-order chi connectivity index (χ1) is 12.0. The highest BCUT2D eigenvalue weighted by Crippen LogP contribution is 2.11. The summed E-state index contributed by atoms with van der Waals surface area (Å²) in [6, 6.07) is 6.64. The Morgan fingerprint density at radius 2 is 1.88 bits per heavy atom. The third-order valence-electron chi connectivity index (χ3n) is 4.44. The lowest BCUT2D eigenvalue weighted by molar-refractivity contribution is 0.188. The van der Waals surface area contributed by atoms with Crippen molar-refractivity contribution in [2.24, 2.45) is 10.7 Å². The van der Waals surface area contributed by atoms with Gasteiger partial charge >= 0.3 is 6.03 Å². The summed E-state index contributed by atoms with van der Waals surface area (Å²) < 4.78 is 0. The number of nitrogens with one attached hydrogen (secondary N) is 2. The van der Waals surface area contributed by atoms with Gasteiger partial charge in [-0.05, 0) is 45.6 Å². The maximum atomic E-state index is 11.2. The molecule has 1 fully saturated rings. The van der Waals surface area contributed by atoms with Gasteiger partial charge in [0.05, 0.1) is 0 Å². The van der Waals surface area contributed by atoms with E-state index in [1.54, 1.807) is 4.90 Å². The minimum Gasteiger partial charge on any atom is -0.357 e. The van der Waals surface area contributed by atoms with Crippen LogP contribution in [0.5, 0.6) is 0 Å². The summed E-state index contributed by atoms with van der Waals surface area (Å²) in [6.07, 6.45) is 2.72. The van der Waals surface area contributed by atoms with Gasteiger partial charge in [0.25, 0.3) is 0 Å². The molecule has 0 aliphatic carbocycles. The summed E-state index contributed by atoms with van der Waals surface area (Å²) >= 11 is 0. The summed E-state index contributed by atoms with van der Waals surface area (Å²) in [6.45, 7) is 9.31. The van der Waals surface area contributed by atoms with Crippen LogP contribution in [-0.4, -0.2) is 49.1 Å². The fourth-order valence-electron chi connectivity index (χ4n) is 3.27. The van der Waals surface area contributed by atoms with E-state index in [0.29, 0.717) is 19.1 Å². The number of benzene rings is 1. The number of carbonyl (C=O) groups excluding carboxylic acids is 1. The van der Waals surface area contributed by atoms with Gasteiger partial charge in [-0.25, -0.2) is 4.79 Å². The first-order valence-corrected chi connectivity index (χ1v) is 9.14. The predicted octanol–water partition coefficient (Wildman–Crippen LogP) is 1.94. The molecule has 1 aromatic carbocycles. The second-order valence-corrected chi connectivity index (χ2v) is 6.75. The maximum Gasteiger partial charge on any atom is 0.314 e. The van der Waals surface area contributed by atoms with Crippen molar-refractivity contribution in [1.29, 1.82) is 0 Å². The number of aliphatic imine (C=N–C) groups is 1. The molecule has 6 heteroatoms. The Balaban J connectivity index is 1.87. The van der Waals surface area contributed by atoms with E-state index in [0.717, 1.165) is 38.3 Å². The number of rotatable bonds is 5. The summed E-state index contributed by atoms with van der Waals surface area (Å²) in [5.41, 5.74) is 9.25. The van der Waals surface area contributed by atoms with Crippen molar-refractivity contribution in [3.05, 3.63) is 34.9 Å². The molecular formula is C19H31N5O. The van der Waals surface area contributed by atoms with E-state index in [2.05, 4.69) is 49.6 Å². The lowest BCUT2D eigenvalue weighted by Gasteiger charge is -2.32. The molecule has 1 aliphatic heterocycles. The van der Waals surface area contributed by atoms with Crippen molar-refractivity contribution in [2.45, 2.75) is 46.1 Å². The number of nitrogens with two attached hydrogens (primary N) is 1. The standard InChI is InChI=1S/C19H31N5O/c1-4-21-19(23-17-6-9-24(10-7-17)18(20)25)22-8-5-16-12-14(2)11-15(3)13-16/h11-13,17H,4-10H2,1-3H3,(H2,20,25)(H2,21,22,23). The van der Waals surface area contributed by atoms with Crippen LogP contribution in [0.4, 0.5) is 4.79 Å². The summed E-state index contributed by atoms with van der Waals surface area (Å²) in [7, 11) is 0. The molecule has 0 bridgehead atoms. The molecule has 0 atom stereocenters. The third kappa shape index (κ3) is 6.29. The van der Waals surface area contributed by atoms with Gasteiger partial charge in [-0.3, -0.25) is 4.99 Å². The fraction of sp³-hybridized carbons (Fsp3) is 0.579. The van der Waals surface area contributed by atoms with Gasteiger partial charge in [0.2, 0.25) is 0 Å². The molecule has 1 aromatic rings. The van der Waals surface area contributed by atoms with Crippen LogP contribution in [-0.2, 0) is 6.42 Å². The zero-order valence-electron chi connectivity index (χ0n) is 15.6. The number of nitrogens with zero attached hydrogens (tertiary/aromatic N) is 2. The SMILES string of the molecule is CCNC(=NCCc1cc(C)cc(C)c1)NC1CCN(C(N)=O)CC1. The molecule has 25 heavy (non-hydrogen) atoms. The number of carbonyl (C=O) groups is 1. The molecule has 0 aromatic heterocycles. The number of aryl methyl sites for hydroxylation is 2. The van der Waals surface area contributed by atoms with Crippen molar-refractivity contribution in [3.8, 4) is 0 Å². The number of hydrogen-bond acceptors (Lipinski definition) is 2. The van der Waals surface area contributed by atoms with E-state index >= 15 is 0 Å². The fourth-order valence-corrected chi connectivity index (χ4v) is 3.27. The normalized spacial score (nSPS) is 16.0. The first kappa shape index (κ1) is 19.1. The third-order valence-corrected chi connectivity index (χ3v) is 4.44. The average Bonchev–Trinajstić information content (AvgIpc) is 2.54. The van der Waals surface area contributed by atoms with Gasteiger partial charge in [-0.15, -0.1) is 0 Å². The number of hydrogen-bond donors (Lipinski definition) is 3. The topological polar surface area (TPSA) is 82.8 Å². The largest absolute Gasteiger partial charge is 0.357 e. The molecule has 2 amide bonds. The van der Waals surface area contributed by atoms with Crippen molar-refractivity contribution in [3.63, 3.8) is 0 Å². The minimum atomic E-state index is -0.326. The highest BCUT2D eigenvalue weighted by atomic mass is 16.2. The van der Waals surface area contributed by atoms with E-state index in [1.807, 2.05) is 0 Å². The molecule has 0 radical (unpaired) electrons. The molecule has 0 unspecified atom stereocenters. The highest BCUT2D eigenvalue weighted by Gasteiger charge is 2.21. The van der Waals surface area contributed by atoms with Gasteiger partial charge < -0.3 is 21.3 Å². The zero-order valence-corrected chi connectivity index (χ0v) is 15.6. The number of guanidine groups is 1. The highest BCUT2D eigenvalue weighted by molar-refractivity contribution is 5.80. The summed E-state index contributed by atoms with van der Waals surface area (Å²) in [5.74, 6) is 0.851. The van der Waals surface area contributed by atoms with E-state index in [9.17, 15) is 4.79 Å². The van der Waals surface area contributed by atoms with Gasteiger partial charge in [0.15, 0.2) is 5.96 Å². The number of piperidine rings is 1. The monoisotopic (exact) mass is 345 g/mol. The first-order valence-electron chi connectivity index (χ1n) is 9.14. The maximum absolute atomic E-state index is 11.2. The molecule has 0 spiro atoms. The minimum absolute atomic E-state index is 0.326. The Labute approximate surface area is 150 Å². The Morgan fingerprint density at radius 3 is 2.44 bits per heavy atom. The van der Waals surface area contributed by atoms with Gasteiger partial charge in [-0.1, -0.05) is 29.3 Å².